The summed E-state index contributed by atoms with van der Waals surface area (Å²) in [5.41, 5.74) is -0.167. The predicted molar refractivity (Wildman–Crippen MR) is 76.0 cm³/mol. The molecule has 0 atom stereocenters. The standard InChI is InChI=1S/C15H20N2O4/c1-14(2)20-9-15(10-21-14)7-17(8-15)13(19)11-5-4-6-16(3)12(11)18/h4-6H,7-10H2,1-3H3. The lowest BCUT2D eigenvalue weighted by Crippen LogP contribution is -2.66. The molecular weight excluding hydrogens is 272 g/mol. The summed E-state index contributed by atoms with van der Waals surface area (Å²) in [6, 6.07) is 3.28. The Hall–Kier alpha value is -1.66. The van der Waals surface area contributed by atoms with Gasteiger partial charge in [-0.15, -0.1) is 0 Å². The molecule has 0 unspecified atom stereocenters. The van der Waals surface area contributed by atoms with Gasteiger partial charge in [-0.25, -0.2) is 0 Å². The molecule has 2 saturated heterocycles. The van der Waals surface area contributed by atoms with Crippen molar-refractivity contribution >= 4 is 5.91 Å². The van der Waals surface area contributed by atoms with Gasteiger partial charge in [0.05, 0.1) is 18.6 Å². The summed E-state index contributed by atoms with van der Waals surface area (Å²) < 4.78 is 12.8. The maximum Gasteiger partial charge on any atom is 0.263 e. The van der Waals surface area contributed by atoms with Crippen molar-refractivity contribution in [2.24, 2.45) is 12.5 Å². The number of hydrogen-bond acceptors (Lipinski definition) is 4. The first-order valence-electron chi connectivity index (χ1n) is 7.05. The van der Waals surface area contributed by atoms with Crippen LogP contribution in [0.1, 0.15) is 24.2 Å². The van der Waals surface area contributed by atoms with Crippen LogP contribution in [0, 0.1) is 5.41 Å². The van der Waals surface area contributed by atoms with E-state index in [1.807, 2.05) is 13.8 Å². The Morgan fingerprint density at radius 2 is 1.86 bits per heavy atom. The van der Waals surface area contributed by atoms with Gasteiger partial charge in [0.15, 0.2) is 5.79 Å². The van der Waals surface area contributed by atoms with Crippen LogP contribution in [0.5, 0.6) is 0 Å². The fourth-order valence-corrected chi connectivity index (χ4v) is 2.76. The maximum atomic E-state index is 12.4. The van der Waals surface area contributed by atoms with E-state index in [-0.39, 0.29) is 22.4 Å². The van der Waals surface area contributed by atoms with Crippen molar-refractivity contribution in [2.45, 2.75) is 19.6 Å². The van der Waals surface area contributed by atoms with Gasteiger partial charge in [0.1, 0.15) is 5.56 Å². The topological polar surface area (TPSA) is 60.8 Å². The van der Waals surface area contributed by atoms with Crippen LogP contribution in [0.15, 0.2) is 23.1 Å². The van der Waals surface area contributed by atoms with Gasteiger partial charge < -0.3 is 18.9 Å². The number of nitrogens with zero attached hydrogens (tertiary/aromatic N) is 2. The molecule has 6 heteroatoms. The summed E-state index contributed by atoms with van der Waals surface area (Å²) >= 11 is 0. The van der Waals surface area contributed by atoms with Crippen LogP contribution in [0.25, 0.3) is 0 Å². The average molecular weight is 292 g/mol. The Bertz CT molecular complexity index is 617. The largest absolute Gasteiger partial charge is 0.350 e. The molecule has 2 aliphatic heterocycles. The number of carbonyl (C=O) groups excluding carboxylic acids is 1. The molecule has 21 heavy (non-hydrogen) atoms. The minimum absolute atomic E-state index is 0.120. The smallest absolute Gasteiger partial charge is 0.263 e. The van der Waals surface area contributed by atoms with Crippen LogP contribution >= 0.6 is 0 Å². The third-order valence-corrected chi connectivity index (χ3v) is 4.15. The fourth-order valence-electron chi connectivity index (χ4n) is 2.76. The summed E-state index contributed by atoms with van der Waals surface area (Å²) in [4.78, 5) is 26.0. The summed E-state index contributed by atoms with van der Waals surface area (Å²) in [7, 11) is 1.64. The molecule has 2 fully saturated rings. The zero-order chi connectivity index (χ0) is 15.3. The van der Waals surface area contributed by atoms with Gasteiger partial charge in [-0.3, -0.25) is 9.59 Å². The first-order valence-corrected chi connectivity index (χ1v) is 7.05. The molecule has 1 aromatic rings. The third-order valence-electron chi connectivity index (χ3n) is 4.15. The van der Waals surface area contributed by atoms with Crippen LogP contribution in [0.2, 0.25) is 0 Å². The van der Waals surface area contributed by atoms with Gasteiger partial charge in [0, 0.05) is 26.3 Å². The molecule has 0 saturated carbocycles. The first kappa shape index (κ1) is 14.3. The van der Waals surface area contributed by atoms with Crippen molar-refractivity contribution in [3.8, 4) is 0 Å². The molecule has 0 radical (unpaired) electrons. The number of pyridine rings is 1. The Morgan fingerprint density at radius 1 is 1.24 bits per heavy atom. The second-order valence-electron chi connectivity index (χ2n) is 6.48. The highest BCUT2D eigenvalue weighted by molar-refractivity contribution is 5.94. The quantitative estimate of drug-likeness (QED) is 0.761. The number of aromatic nitrogens is 1. The molecule has 0 aliphatic carbocycles. The Kier molecular flexibility index (Phi) is 3.18. The highest BCUT2D eigenvalue weighted by Crippen LogP contribution is 2.37. The van der Waals surface area contributed by atoms with Crippen molar-refractivity contribution in [3.63, 3.8) is 0 Å². The number of hydrogen-bond donors (Lipinski definition) is 0. The van der Waals surface area contributed by atoms with Gasteiger partial charge in [0.25, 0.3) is 11.5 Å². The van der Waals surface area contributed by atoms with Gasteiger partial charge in [0.2, 0.25) is 0 Å². The SMILES string of the molecule is Cn1cccc(C(=O)N2CC3(COC(C)(C)OC3)C2)c1=O. The molecule has 0 N–H and O–H groups in total. The molecule has 0 bridgehead atoms. The van der Waals surface area contributed by atoms with Gasteiger partial charge in [-0.1, -0.05) is 0 Å². The molecular formula is C15H20N2O4. The van der Waals surface area contributed by atoms with Crippen LogP contribution in [-0.4, -0.2) is 47.5 Å². The molecule has 3 heterocycles. The first-order chi connectivity index (χ1) is 9.82. The summed E-state index contributed by atoms with van der Waals surface area (Å²) in [6.45, 7) is 6.07. The number of likely N-dealkylation sites (tertiary alicyclic amines) is 1. The predicted octanol–water partition coefficient (Wildman–Crippen LogP) is 0.610. The van der Waals surface area contributed by atoms with Gasteiger partial charge >= 0.3 is 0 Å². The summed E-state index contributed by atoms with van der Waals surface area (Å²) in [5, 5.41) is 0. The number of ether oxygens (including phenoxy) is 2. The second kappa shape index (κ2) is 4.68. The van der Waals surface area contributed by atoms with E-state index in [9.17, 15) is 9.59 Å². The van der Waals surface area contributed by atoms with E-state index in [0.29, 0.717) is 26.3 Å². The Labute approximate surface area is 123 Å². The third kappa shape index (κ3) is 2.49. The van der Waals surface area contributed by atoms with Gasteiger partial charge in [-0.2, -0.15) is 0 Å². The fraction of sp³-hybridized carbons (Fsp3) is 0.600. The van der Waals surface area contributed by atoms with E-state index in [0.717, 1.165) is 0 Å². The van der Waals surface area contributed by atoms with E-state index in [2.05, 4.69) is 0 Å². The molecule has 1 amide bonds. The monoisotopic (exact) mass is 292 g/mol. The van der Waals surface area contributed by atoms with E-state index in [4.69, 9.17) is 9.47 Å². The molecule has 6 nitrogen and oxygen atoms in total. The average Bonchev–Trinajstić information content (AvgIpc) is 2.39. The molecule has 1 aromatic heterocycles. The van der Waals surface area contributed by atoms with Crippen LogP contribution in [0.4, 0.5) is 0 Å². The number of amides is 1. The normalized spacial score (nSPS) is 22.9. The molecule has 114 valence electrons. The molecule has 2 aliphatic rings. The lowest BCUT2D eigenvalue weighted by atomic mass is 9.80. The lowest BCUT2D eigenvalue weighted by Gasteiger charge is -2.53. The van der Waals surface area contributed by atoms with Crippen molar-refractivity contribution in [1.82, 2.24) is 9.47 Å². The highest BCUT2D eigenvalue weighted by atomic mass is 16.7. The van der Waals surface area contributed by atoms with Crippen LogP contribution in [0.3, 0.4) is 0 Å². The lowest BCUT2D eigenvalue weighted by molar-refractivity contribution is -0.301. The Morgan fingerprint density at radius 3 is 2.48 bits per heavy atom. The summed E-state index contributed by atoms with van der Waals surface area (Å²) in [5.74, 6) is -0.767. The van der Waals surface area contributed by atoms with E-state index >= 15 is 0 Å². The molecule has 3 rings (SSSR count). The van der Waals surface area contributed by atoms with E-state index in [1.54, 1.807) is 30.3 Å². The molecule has 1 spiro atoms. The second-order valence-corrected chi connectivity index (χ2v) is 6.48. The summed E-state index contributed by atoms with van der Waals surface area (Å²) in [6.07, 6.45) is 1.64. The zero-order valence-corrected chi connectivity index (χ0v) is 12.6. The zero-order valence-electron chi connectivity index (χ0n) is 12.6. The van der Waals surface area contributed by atoms with Crippen molar-refractivity contribution in [2.75, 3.05) is 26.3 Å². The number of rotatable bonds is 1. The number of carbonyl (C=O) groups is 1. The van der Waals surface area contributed by atoms with E-state index in [1.165, 1.54) is 4.57 Å². The minimum atomic E-state index is -0.551. The van der Waals surface area contributed by atoms with Crippen LogP contribution < -0.4 is 5.56 Å². The highest BCUT2D eigenvalue weighted by Gasteiger charge is 2.50. The van der Waals surface area contributed by atoms with Gasteiger partial charge in [-0.05, 0) is 26.0 Å². The van der Waals surface area contributed by atoms with Crippen LogP contribution in [-0.2, 0) is 16.5 Å². The number of aryl methyl sites for hydroxylation is 1. The van der Waals surface area contributed by atoms with E-state index < -0.39 is 5.79 Å². The van der Waals surface area contributed by atoms with Crippen molar-refractivity contribution in [3.05, 3.63) is 34.2 Å². The van der Waals surface area contributed by atoms with Crippen molar-refractivity contribution in [1.29, 1.82) is 0 Å². The molecule has 0 aromatic carbocycles. The Balaban J connectivity index is 1.68. The maximum absolute atomic E-state index is 12.4. The minimum Gasteiger partial charge on any atom is -0.350 e. The van der Waals surface area contributed by atoms with Crippen molar-refractivity contribution < 1.29 is 14.3 Å².